The monoisotopic (exact) mass is 381 g/mol. The highest BCUT2D eigenvalue weighted by molar-refractivity contribution is 7.86. The maximum absolute atomic E-state index is 12.8. The number of hydrogen-bond donors (Lipinski definition) is 2. The van der Waals surface area contributed by atoms with E-state index >= 15 is 0 Å². The molecule has 0 amide bonds. The van der Waals surface area contributed by atoms with E-state index in [9.17, 15) is 17.4 Å². The summed E-state index contributed by atoms with van der Waals surface area (Å²) in [6.07, 6.45) is -1.30. The number of alkyl halides is 3. The number of pyridine rings is 1. The third-order valence-corrected chi connectivity index (χ3v) is 4.61. The number of H-pyrrole nitrogens is 1. The van der Waals surface area contributed by atoms with Crippen molar-refractivity contribution in [2.75, 3.05) is 11.8 Å². The molecule has 2 N–H and O–H groups in total. The summed E-state index contributed by atoms with van der Waals surface area (Å²) < 4.78 is 58.5. The Morgan fingerprint density at radius 1 is 1.19 bits per heavy atom. The van der Waals surface area contributed by atoms with Gasteiger partial charge in [0.2, 0.25) is 0 Å². The van der Waals surface area contributed by atoms with Gasteiger partial charge in [0, 0.05) is 12.4 Å². The largest absolute Gasteiger partial charge is 0.495 e. The minimum absolute atomic E-state index is 0.0475. The lowest BCUT2D eigenvalue weighted by Gasteiger charge is -2.13. The van der Waals surface area contributed by atoms with E-state index in [4.69, 9.17) is 4.74 Å². The van der Waals surface area contributed by atoms with E-state index < -0.39 is 22.7 Å². The fraction of sp³-hybridized carbons (Fsp3) is 0.118. The number of anilines is 1. The Bertz CT molecular complexity index is 927. The molecule has 0 fully saturated rings. The predicted octanol–water partition coefficient (Wildman–Crippen LogP) is 4.24. The van der Waals surface area contributed by atoms with Gasteiger partial charge in [0.25, 0.3) is 0 Å². The summed E-state index contributed by atoms with van der Waals surface area (Å²) >= 11 is 0. The highest BCUT2D eigenvalue weighted by Crippen LogP contribution is 2.35. The molecule has 0 aliphatic heterocycles. The normalized spacial score (nSPS) is 12.6. The van der Waals surface area contributed by atoms with Gasteiger partial charge in [-0.25, -0.2) is 4.21 Å². The molecule has 1 atom stereocenters. The molecule has 0 spiro atoms. The molecule has 2 aromatic heterocycles. The standard InChI is InChI=1S/C17H14F3N3O2S/c1-25-16-8-11(17(18,19)20)5-6-14(16)23-26(24)12-9-15(22-10-12)13-4-2-3-7-21-13/h2-10,22-23H,1H3. The van der Waals surface area contributed by atoms with Crippen molar-refractivity contribution in [3.63, 3.8) is 0 Å². The Morgan fingerprint density at radius 3 is 2.65 bits per heavy atom. The first-order valence-electron chi connectivity index (χ1n) is 7.42. The van der Waals surface area contributed by atoms with E-state index in [2.05, 4.69) is 14.7 Å². The lowest BCUT2D eigenvalue weighted by atomic mass is 10.2. The van der Waals surface area contributed by atoms with Gasteiger partial charge in [0.1, 0.15) is 5.75 Å². The van der Waals surface area contributed by atoms with Crippen LogP contribution in [0.15, 0.2) is 59.8 Å². The van der Waals surface area contributed by atoms with E-state index in [1.54, 1.807) is 30.6 Å². The van der Waals surface area contributed by atoms with Gasteiger partial charge >= 0.3 is 6.18 Å². The van der Waals surface area contributed by atoms with E-state index in [-0.39, 0.29) is 11.4 Å². The number of benzene rings is 1. The van der Waals surface area contributed by atoms with E-state index in [1.807, 2.05) is 6.07 Å². The Balaban J connectivity index is 1.81. The Hall–Kier alpha value is -2.81. The first-order valence-corrected chi connectivity index (χ1v) is 8.57. The average molecular weight is 381 g/mol. The van der Waals surface area contributed by atoms with Crippen LogP contribution in [0.25, 0.3) is 11.4 Å². The zero-order valence-corrected chi connectivity index (χ0v) is 14.3. The van der Waals surface area contributed by atoms with Crippen molar-refractivity contribution >= 4 is 16.7 Å². The molecule has 0 radical (unpaired) electrons. The SMILES string of the molecule is COc1cc(C(F)(F)F)ccc1NS(=O)c1c[nH]c(-c2ccccn2)c1. The van der Waals surface area contributed by atoms with Crippen LogP contribution in [0.3, 0.4) is 0 Å². The number of aromatic nitrogens is 2. The van der Waals surface area contributed by atoms with E-state index in [1.165, 1.54) is 13.2 Å². The molecule has 9 heteroatoms. The number of aromatic amines is 1. The number of ether oxygens (including phenoxy) is 1. The minimum atomic E-state index is -4.48. The van der Waals surface area contributed by atoms with Crippen LogP contribution in [0.1, 0.15) is 5.56 Å². The van der Waals surface area contributed by atoms with Crippen LogP contribution in [-0.4, -0.2) is 21.3 Å². The van der Waals surface area contributed by atoms with Crippen molar-refractivity contribution in [3.05, 3.63) is 60.4 Å². The molecule has 0 aliphatic rings. The minimum Gasteiger partial charge on any atom is -0.495 e. The molecule has 1 aromatic carbocycles. The Morgan fingerprint density at radius 2 is 2.00 bits per heavy atom. The van der Waals surface area contributed by atoms with Crippen molar-refractivity contribution in [1.29, 1.82) is 0 Å². The highest BCUT2D eigenvalue weighted by Gasteiger charge is 2.31. The Kier molecular flexibility index (Phi) is 4.99. The molecule has 5 nitrogen and oxygen atoms in total. The van der Waals surface area contributed by atoms with Crippen LogP contribution >= 0.6 is 0 Å². The van der Waals surface area contributed by atoms with Crippen molar-refractivity contribution in [3.8, 4) is 17.1 Å². The van der Waals surface area contributed by atoms with Crippen LogP contribution in [0.5, 0.6) is 5.75 Å². The molecule has 0 bridgehead atoms. The smallest absolute Gasteiger partial charge is 0.416 e. The number of nitrogens with one attached hydrogen (secondary N) is 2. The molecular formula is C17H14F3N3O2S. The second-order valence-electron chi connectivity index (χ2n) is 5.25. The molecule has 0 saturated carbocycles. The average Bonchev–Trinajstić information content (AvgIpc) is 3.12. The zero-order chi connectivity index (χ0) is 18.7. The first kappa shape index (κ1) is 18.0. The summed E-state index contributed by atoms with van der Waals surface area (Å²) in [5.74, 6) is -0.0475. The highest BCUT2D eigenvalue weighted by atomic mass is 32.2. The number of methoxy groups -OCH3 is 1. The molecule has 3 aromatic rings. The predicted molar refractivity (Wildman–Crippen MR) is 92.1 cm³/mol. The van der Waals surface area contributed by atoms with Gasteiger partial charge in [-0.2, -0.15) is 13.2 Å². The molecule has 0 aliphatic carbocycles. The first-order chi connectivity index (χ1) is 12.4. The quantitative estimate of drug-likeness (QED) is 0.695. The maximum atomic E-state index is 12.8. The van der Waals surface area contributed by atoms with Crippen LogP contribution in [0.2, 0.25) is 0 Å². The molecule has 1 unspecified atom stereocenters. The third-order valence-electron chi connectivity index (χ3n) is 3.54. The maximum Gasteiger partial charge on any atom is 0.416 e. The van der Waals surface area contributed by atoms with Crippen molar-refractivity contribution in [1.82, 2.24) is 9.97 Å². The number of halogens is 3. The van der Waals surface area contributed by atoms with Gasteiger partial charge in [-0.3, -0.25) is 9.71 Å². The number of rotatable bonds is 5. The van der Waals surface area contributed by atoms with Crippen molar-refractivity contribution in [2.24, 2.45) is 0 Å². The van der Waals surface area contributed by atoms with Gasteiger partial charge in [0.05, 0.1) is 34.6 Å². The number of hydrogen-bond acceptors (Lipinski definition) is 3. The second kappa shape index (κ2) is 7.20. The zero-order valence-electron chi connectivity index (χ0n) is 13.5. The van der Waals surface area contributed by atoms with E-state index in [0.717, 1.165) is 12.1 Å². The van der Waals surface area contributed by atoms with Gasteiger partial charge in [-0.05, 0) is 36.4 Å². The lowest BCUT2D eigenvalue weighted by molar-refractivity contribution is -0.137. The van der Waals surface area contributed by atoms with Crippen LogP contribution in [-0.2, 0) is 17.2 Å². The van der Waals surface area contributed by atoms with Gasteiger partial charge in [0.15, 0.2) is 11.0 Å². The topological polar surface area (TPSA) is 67.0 Å². The molecule has 0 saturated heterocycles. The molecule has 136 valence electrons. The van der Waals surface area contributed by atoms with Crippen molar-refractivity contribution in [2.45, 2.75) is 11.1 Å². The van der Waals surface area contributed by atoms with Crippen LogP contribution in [0, 0.1) is 0 Å². The second-order valence-corrected chi connectivity index (χ2v) is 6.46. The van der Waals surface area contributed by atoms with E-state index in [0.29, 0.717) is 16.3 Å². The molecule has 26 heavy (non-hydrogen) atoms. The van der Waals surface area contributed by atoms with Crippen LogP contribution < -0.4 is 9.46 Å². The summed E-state index contributed by atoms with van der Waals surface area (Å²) in [6, 6.07) is 10.0. The molecule has 2 heterocycles. The molecule has 3 rings (SSSR count). The van der Waals surface area contributed by atoms with Gasteiger partial charge < -0.3 is 9.72 Å². The Labute approximate surface area is 149 Å². The van der Waals surface area contributed by atoms with Gasteiger partial charge in [-0.15, -0.1) is 0 Å². The summed E-state index contributed by atoms with van der Waals surface area (Å²) in [5.41, 5.74) is 0.710. The van der Waals surface area contributed by atoms with Gasteiger partial charge in [-0.1, -0.05) is 6.07 Å². The summed E-state index contributed by atoms with van der Waals surface area (Å²) in [5, 5.41) is 0. The molecular weight excluding hydrogens is 367 g/mol. The summed E-state index contributed by atoms with van der Waals surface area (Å²) in [7, 11) is -0.448. The number of nitrogens with zero attached hydrogens (tertiary/aromatic N) is 1. The fourth-order valence-electron chi connectivity index (χ4n) is 2.26. The lowest BCUT2D eigenvalue weighted by Crippen LogP contribution is -2.08. The summed E-state index contributed by atoms with van der Waals surface area (Å²) in [4.78, 5) is 7.58. The van der Waals surface area contributed by atoms with Crippen LogP contribution in [0.4, 0.5) is 18.9 Å². The summed E-state index contributed by atoms with van der Waals surface area (Å²) in [6.45, 7) is 0. The van der Waals surface area contributed by atoms with Crippen molar-refractivity contribution < 1.29 is 22.1 Å². The third kappa shape index (κ3) is 3.88. The fourth-order valence-corrected chi connectivity index (χ4v) is 3.14.